The van der Waals surface area contributed by atoms with Crippen molar-refractivity contribution in [2.24, 2.45) is 4.99 Å². The van der Waals surface area contributed by atoms with E-state index in [1.165, 1.54) is 0 Å². The molecule has 0 spiro atoms. The Morgan fingerprint density at radius 1 is 1.09 bits per heavy atom. The molecule has 0 radical (unpaired) electrons. The summed E-state index contributed by atoms with van der Waals surface area (Å²) in [6, 6.07) is 16.4. The number of hydrogen-bond donors (Lipinski definition) is 1. The molecule has 0 saturated carbocycles. The van der Waals surface area contributed by atoms with Gasteiger partial charge in [-0.25, -0.2) is 0 Å². The highest BCUT2D eigenvalue weighted by Gasteiger charge is 2.22. The minimum Gasteiger partial charge on any atom is -0.388 e. The third kappa shape index (κ3) is 2.26. The maximum atomic E-state index is 9.58. The predicted octanol–water partition coefficient (Wildman–Crippen LogP) is 2.42. The average Bonchev–Trinajstić information content (AvgIpc) is 2.92. The second kappa shape index (κ2) is 5.44. The van der Waals surface area contributed by atoms with Gasteiger partial charge in [0.25, 0.3) is 0 Å². The molecule has 2 aromatic carbocycles. The van der Waals surface area contributed by atoms with Crippen molar-refractivity contribution in [2.45, 2.75) is 20.1 Å². The average molecular weight is 304 g/mol. The normalized spacial score (nSPS) is 13.0. The van der Waals surface area contributed by atoms with Crippen LogP contribution < -0.4 is 0 Å². The third-order valence-electron chi connectivity index (χ3n) is 4.01. The second-order valence-corrected chi connectivity index (χ2v) is 5.58. The van der Waals surface area contributed by atoms with E-state index < -0.39 is 0 Å². The van der Waals surface area contributed by atoms with E-state index in [0.29, 0.717) is 12.4 Å². The summed E-state index contributed by atoms with van der Waals surface area (Å²) in [5, 5.41) is 17.8. The van der Waals surface area contributed by atoms with E-state index in [1.807, 2.05) is 28.8 Å². The van der Waals surface area contributed by atoms with Gasteiger partial charge in [-0.05, 0) is 19.1 Å². The number of aliphatic hydroxyl groups excluding tert-OH is 1. The summed E-state index contributed by atoms with van der Waals surface area (Å²) >= 11 is 0. The van der Waals surface area contributed by atoms with Crippen molar-refractivity contribution in [1.29, 1.82) is 0 Å². The lowest BCUT2D eigenvalue weighted by atomic mass is 9.98. The summed E-state index contributed by atoms with van der Waals surface area (Å²) < 4.78 is 1.91. The molecule has 0 atom stereocenters. The summed E-state index contributed by atoms with van der Waals surface area (Å²) in [5.41, 5.74) is 5.17. The molecular weight excluding hydrogens is 288 g/mol. The van der Waals surface area contributed by atoms with Gasteiger partial charge in [-0.15, -0.1) is 10.2 Å². The first-order chi connectivity index (χ1) is 11.3. The van der Waals surface area contributed by atoms with E-state index in [-0.39, 0.29) is 6.61 Å². The van der Waals surface area contributed by atoms with Gasteiger partial charge in [-0.3, -0.25) is 9.56 Å². The van der Waals surface area contributed by atoms with Crippen LogP contribution in [-0.4, -0.2) is 25.6 Å². The van der Waals surface area contributed by atoms with Crippen LogP contribution in [0.15, 0.2) is 53.5 Å². The monoisotopic (exact) mass is 304 g/mol. The third-order valence-corrected chi connectivity index (χ3v) is 4.01. The van der Waals surface area contributed by atoms with Crippen molar-refractivity contribution in [3.8, 4) is 5.69 Å². The Hall–Kier alpha value is -2.79. The number of hydrogen-bond acceptors (Lipinski definition) is 4. The van der Waals surface area contributed by atoms with Gasteiger partial charge in [0.1, 0.15) is 13.2 Å². The highest BCUT2D eigenvalue weighted by molar-refractivity contribution is 6.15. The minimum absolute atomic E-state index is 0.152. The molecule has 1 N–H and O–H groups in total. The molecule has 1 aromatic heterocycles. The lowest BCUT2D eigenvalue weighted by Crippen LogP contribution is -2.09. The molecule has 3 aromatic rings. The molecule has 0 saturated heterocycles. The van der Waals surface area contributed by atoms with Gasteiger partial charge in [0, 0.05) is 11.1 Å². The smallest absolute Gasteiger partial charge is 0.163 e. The van der Waals surface area contributed by atoms with E-state index in [2.05, 4.69) is 41.4 Å². The van der Waals surface area contributed by atoms with Crippen molar-refractivity contribution in [2.75, 3.05) is 0 Å². The SMILES string of the molecule is Cc1ccc2c(c1)C(c1ccccc1)=NCc1nnc(CO)n1-2. The molecular formula is C18H16N4O. The molecule has 23 heavy (non-hydrogen) atoms. The highest BCUT2D eigenvalue weighted by atomic mass is 16.3. The van der Waals surface area contributed by atoms with Crippen LogP contribution in [0.1, 0.15) is 28.3 Å². The van der Waals surface area contributed by atoms with Crippen LogP contribution in [0.4, 0.5) is 0 Å². The summed E-state index contributed by atoms with van der Waals surface area (Å²) in [5.74, 6) is 1.28. The second-order valence-electron chi connectivity index (χ2n) is 5.58. The number of aryl methyl sites for hydroxylation is 1. The zero-order valence-electron chi connectivity index (χ0n) is 12.8. The van der Waals surface area contributed by atoms with Gasteiger partial charge in [0.05, 0.1) is 11.4 Å². The van der Waals surface area contributed by atoms with Crippen LogP contribution in [0, 0.1) is 6.92 Å². The molecule has 0 amide bonds. The first-order valence-electron chi connectivity index (χ1n) is 7.53. The molecule has 4 rings (SSSR count). The van der Waals surface area contributed by atoms with Crippen LogP contribution in [0.25, 0.3) is 5.69 Å². The molecule has 0 fully saturated rings. The van der Waals surface area contributed by atoms with Gasteiger partial charge < -0.3 is 5.11 Å². The minimum atomic E-state index is -0.152. The Balaban J connectivity index is 2.00. The van der Waals surface area contributed by atoms with Gasteiger partial charge in [0.2, 0.25) is 0 Å². The number of aromatic nitrogens is 3. The zero-order valence-corrected chi connectivity index (χ0v) is 12.8. The largest absolute Gasteiger partial charge is 0.388 e. The molecule has 2 heterocycles. The summed E-state index contributed by atoms with van der Waals surface area (Å²) in [4.78, 5) is 4.78. The zero-order chi connectivity index (χ0) is 15.8. The highest BCUT2D eigenvalue weighted by Crippen LogP contribution is 2.26. The topological polar surface area (TPSA) is 63.3 Å². The van der Waals surface area contributed by atoms with E-state index in [1.54, 1.807) is 0 Å². The molecule has 1 aliphatic heterocycles. The van der Waals surface area contributed by atoms with Crippen LogP contribution in [0.5, 0.6) is 0 Å². The molecule has 5 heteroatoms. The maximum absolute atomic E-state index is 9.58. The van der Waals surface area contributed by atoms with E-state index in [4.69, 9.17) is 4.99 Å². The molecule has 5 nitrogen and oxygen atoms in total. The van der Waals surface area contributed by atoms with Crippen LogP contribution in [0.2, 0.25) is 0 Å². The van der Waals surface area contributed by atoms with Crippen molar-refractivity contribution in [1.82, 2.24) is 14.8 Å². The Bertz CT molecular complexity index is 897. The first kappa shape index (κ1) is 13.8. The Morgan fingerprint density at radius 2 is 1.91 bits per heavy atom. The summed E-state index contributed by atoms with van der Waals surface area (Å²) in [6.07, 6.45) is 0. The predicted molar refractivity (Wildman–Crippen MR) is 87.8 cm³/mol. The molecule has 0 bridgehead atoms. The number of nitrogens with zero attached hydrogens (tertiary/aromatic N) is 4. The number of benzene rings is 2. The van der Waals surface area contributed by atoms with Crippen LogP contribution in [-0.2, 0) is 13.2 Å². The Kier molecular flexibility index (Phi) is 3.28. The standard InChI is InChI=1S/C18H16N4O/c1-12-7-8-15-14(9-12)18(13-5-3-2-4-6-13)19-10-16-20-21-17(11-23)22(15)16/h2-9,23H,10-11H2,1H3. The Morgan fingerprint density at radius 3 is 2.70 bits per heavy atom. The molecule has 114 valence electrons. The van der Waals surface area contributed by atoms with Gasteiger partial charge in [-0.2, -0.15) is 0 Å². The maximum Gasteiger partial charge on any atom is 0.163 e. The van der Waals surface area contributed by atoms with Crippen molar-refractivity contribution in [3.63, 3.8) is 0 Å². The van der Waals surface area contributed by atoms with E-state index >= 15 is 0 Å². The van der Waals surface area contributed by atoms with E-state index in [9.17, 15) is 5.11 Å². The summed E-state index contributed by atoms with van der Waals surface area (Å²) in [6.45, 7) is 2.35. The fourth-order valence-electron chi connectivity index (χ4n) is 2.95. The van der Waals surface area contributed by atoms with Crippen LogP contribution in [0.3, 0.4) is 0 Å². The number of fused-ring (bicyclic) bond motifs is 3. The number of aliphatic hydroxyl groups is 1. The lowest BCUT2D eigenvalue weighted by molar-refractivity contribution is 0.268. The molecule has 0 aliphatic carbocycles. The van der Waals surface area contributed by atoms with Gasteiger partial charge in [-0.1, -0.05) is 42.0 Å². The van der Waals surface area contributed by atoms with Crippen molar-refractivity contribution >= 4 is 5.71 Å². The fraction of sp³-hybridized carbons (Fsp3) is 0.167. The lowest BCUT2D eigenvalue weighted by Gasteiger charge is -2.13. The van der Waals surface area contributed by atoms with Gasteiger partial charge >= 0.3 is 0 Å². The quantitative estimate of drug-likeness (QED) is 0.791. The molecule has 0 unspecified atom stereocenters. The summed E-state index contributed by atoms with van der Waals surface area (Å²) in [7, 11) is 0. The number of rotatable bonds is 2. The fourth-order valence-corrected chi connectivity index (χ4v) is 2.95. The number of aliphatic imine (C=N–C) groups is 1. The first-order valence-corrected chi connectivity index (χ1v) is 7.53. The van der Waals surface area contributed by atoms with Crippen molar-refractivity contribution in [3.05, 3.63) is 76.9 Å². The van der Waals surface area contributed by atoms with Gasteiger partial charge in [0.15, 0.2) is 11.6 Å². The van der Waals surface area contributed by atoms with E-state index in [0.717, 1.165) is 33.9 Å². The Labute approximate surface area is 134 Å². The molecule has 1 aliphatic rings. The van der Waals surface area contributed by atoms with Crippen LogP contribution >= 0.6 is 0 Å². The van der Waals surface area contributed by atoms with Crippen molar-refractivity contribution < 1.29 is 5.11 Å².